The standard InChI is InChI=1S/C15H30N2O2/c1-12(2)9-15(18)16-10-13(3)17(14(4)11-16)7-6-8-19-5/h12-14H,6-11H2,1-5H3. The van der Waals surface area contributed by atoms with Crippen molar-refractivity contribution in [3.05, 3.63) is 0 Å². The highest BCUT2D eigenvalue weighted by Gasteiger charge is 2.31. The van der Waals surface area contributed by atoms with Crippen molar-refractivity contribution in [2.75, 3.05) is 33.4 Å². The zero-order valence-corrected chi connectivity index (χ0v) is 13.2. The van der Waals surface area contributed by atoms with Crippen LogP contribution in [0, 0.1) is 5.92 Å². The lowest BCUT2D eigenvalue weighted by Gasteiger charge is -2.44. The van der Waals surface area contributed by atoms with Gasteiger partial charge in [0.2, 0.25) is 5.91 Å². The third-order valence-corrected chi connectivity index (χ3v) is 3.80. The van der Waals surface area contributed by atoms with Gasteiger partial charge in [-0.1, -0.05) is 13.8 Å². The number of piperazine rings is 1. The first-order chi connectivity index (χ1) is 8.95. The number of hydrogen-bond donors (Lipinski definition) is 0. The van der Waals surface area contributed by atoms with Crippen LogP contribution in [0.2, 0.25) is 0 Å². The summed E-state index contributed by atoms with van der Waals surface area (Å²) in [6, 6.07) is 0.883. The predicted molar refractivity (Wildman–Crippen MR) is 78.2 cm³/mol. The fourth-order valence-corrected chi connectivity index (χ4v) is 2.87. The van der Waals surface area contributed by atoms with E-state index in [0.29, 0.717) is 30.3 Å². The Morgan fingerprint density at radius 3 is 2.32 bits per heavy atom. The highest BCUT2D eigenvalue weighted by Crippen LogP contribution is 2.18. The molecule has 112 valence electrons. The van der Waals surface area contributed by atoms with Crippen LogP contribution in [-0.4, -0.2) is 61.1 Å². The van der Waals surface area contributed by atoms with E-state index in [9.17, 15) is 4.79 Å². The molecule has 1 amide bonds. The van der Waals surface area contributed by atoms with Crippen LogP contribution >= 0.6 is 0 Å². The molecule has 0 saturated carbocycles. The van der Waals surface area contributed by atoms with E-state index >= 15 is 0 Å². The maximum atomic E-state index is 12.2. The van der Waals surface area contributed by atoms with Gasteiger partial charge in [-0.15, -0.1) is 0 Å². The van der Waals surface area contributed by atoms with E-state index in [4.69, 9.17) is 4.74 Å². The van der Waals surface area contributed by atoms with Crippen LogP contribution in [0.25, 0.3) is 0 Å². The summed E-state index contributed by atoms with van der Waals surface area (Å²) in [6.45, 7) is 12.2. The number of methoxy groups -OCH3 is 1. The Labute approximate surface area is 118 Å². The van der Waals surface area contributed by atoms with Gasteiger partial charge in [0.05, 0.1) is 0 Å². The maximum Gasteiger partial charge on any atom is 0.222 e. The Balaban J connectivity index is 2.48. The molecule has 1 fully saturated rings. The Hall–Kier alpha value is -0.610. The van der Waals surface area contributed by atoms with Crippen LogP contribution in [0.4, 0.5) is 0 Å². The molecule has 1 saturated heterocycles. The number of hydrogen-bond acceptors (Lipinski definition) is 3. The van der Waals surface area contributed by atoms with Crippen molar-refractivity contribution >= 4 is 5.91 Å². The van der Waals surface area contributed by atoms with Crippen molar-refractivity contribution < 1.29 is 9.53 Å². The second kappa shape index (κ2) is 7.85. The molecule has 4 heteroatoms. The third-order valence-electron chi connectivity index (χ3n) is 3.80. The summed E-state index contributed by atoms with van der Waals surface area (Å²) < 4.78 is 5.12. The monoisotopic (exact) mass is 270 g/mol. The van der Waals surface area contributed by atoms with Crippen molar-refractivity contribution in [3.8, 4) is 0 Å². The van der Waals surface area contributed by atoms with Gasteiger partial charge in [0.25, 0.3) is 0 Å². The lowest BCUT2D eigenvalue weighted by molar-refractivity contribution is -0.136. The first-order valence-electron chi connectivity index (χ1n) is 7.48. The molecule has 2 atom stereocenters. The second-order valence-electron chi connectivity index (χ2n) is 6.18. The summed E-state index contributed by atoms with van der Waals surface area (Å²) in [5.41, 5.74) is 0. The number of ether oxygens (including phenoxy) is 1. The molecular weight excluding hydrogens is 240 g/mol. The van der Waals surface area contributed by atoms with E-state index in [2.05, 4.69) is 32.6 Å². The van der Waals surface area contributed by atoms with Crippen molar-refractivity contribution in [2.24, 2.45) is 5.92 Å². The second-order valence-corrected chi connectivity index (χ2v) is 6.18. The summed E-state index contributed by atoms with van der Waals surface area (Å²) in [5.74, 6) is 0.753. The van der Waals surface area contributed by atoms with Gasteiger partial charge in [-0.2, -0.15) is 0 Å². The zero-order valence-electron chi connectivity index (χ0n) is 13.2. The smallest absolute Gasteiger partial charge is 0.222 e. The molecule has 0 aliphatic carbocycles. The van der Waals surface area contributed by atoms with Gasteiger partial charge in [-0.05, 0) is 26.2 Å². The van der Waals surface area contributed by atoms with Crippen LogP contribution in [-0.2, 0) is 9.53 Å². The largest absolute Gasteiger partial charge is 0.385 e. The number of nitrogens with zero attached hydrogens (tertiary/aromatic N) is 2. The van der Waals surface area contributed by atoms with E-state index < -0.39 is 0 Å². The van der Waals surface area contributed by atoms with Crippen LogP contribution in [0.3, 0.4) is 0 Å². The minimum Gasteiger partial charge on any atom is -0.385 e. The highest BCUT2D eigenvalue weighted by atomic mass is 16.5. The Morgan fingerprint density at radius 1 is 1.26 bits per heavy atom. The molecule has 0 bridgehead atoms. The summed E-state index contributed by atoms with van der Waals surface area (Å²) >= 11 is 0. The number of carbonyl (C=O) groups is 1. The van der Waals surface area contributed by atoms with Gasteiger partial charge in [0, 0.05) is 51.9 Å². The number of amides is 1. The van der Waals surface area contributed by atoms with Gasteiger partial charge in [-0.3, -0.25) is 9.69 Å². The molecular formula is C15H30N2O2. The molecule has 1 aliphatic heterocycles. The molecule has 0 N–H and O–H groups in total. The molecule has 1 rings (SSSR count). The molecule has 4 nitrogen and oxygen atoms in total. The first-order valence-corrected chi connectivity index (χ1v) is 7.48. The highest BCUT2D eigenvalue weighted by molar-refractivity contribution is 5.76. The number of rotatable bonds is 6. The minimum absolute atomic E-state index is 0.310. The van der Waals surface area contributed by atoms with Gasteiger partial charge in [0.15, 0.2) is 0 Å². The number of carbonyl (C=O) groups excluding carboxylic acids is 1. The average Bonchev–Trinajstić information content (AvgIpc) is 2.31. The van der Waals surface area contributed by atoms with Crippen molar-refractivity contribution in [1.29, 1.82) is 0 Å². The van der Waals surface area contributed by atoms with Crippen LogP contribution in [0.5, 0.6) is 0 Å². The predicted octanol–water partition coefficient (Wildman–Crippen LogP) is 1.99. The minimum atomic E-state index is 0.310. The van der Waals surface area contributed by atoms with Gasteiger partial charge >= 0.3 is 0 Å². The fourth-order valence-electron chi connectivity index (χ4n) is 2.87. The Kier molecular flexibility index (Phi) is 6.80. The lowest BCUT2D eigenvalue weighted by atomic mass is 10.0. The van der Waals surface area contributed by atoms with Crippen molar-refractivity contribution in [3.63, 3.8) is 0 Å². The van der Waals surface area contributed by atoms with Crippen LogP contribution in [0.15, 0.2) is 0 Å². The van der Waals surface area contributed by atoms with Crippen molar-refractivity contribution in [1.82, 2.24) is 9.80 Å². The topological polar surface area (TPSA) is 32.8 Å². The fraction of sp³-hybridized carbons (Fsp3) is 0.933. The average molecular weight is 270 g/mol. The molecule has 19 heavy (non-hydrogen) atoms. The molecule has 0 spiro atoms. The first kappa shape index (κ1) is 16.4. The molecule has 0 aromatic rings. The molecule has 0 aromatic heterocycles. The molecule has 2 unspecified atom stereocenters. The van der Waals surface area contributed by atoms with Crippen LogP contribution < -0.4 is 0 Å². The Bertz CT molecular complexity index is 269. The molecule has 0 radical (unpaired) electrons. The summed E-state index contributed by atoms with van der Waals surface area (Å²) in [7, 11) is 1.75. The maximum absolute atomic E-state index is 12.2. The van der Waals surface area contributed by atoms with Gasteiger partial charge in [0.1, 0.15) is 0 Å². The summed E-state index contributed by atoms with van der Waals surface area (Å²) in [5, 5.41) is 0. The van der Waals surface area contributed by atoms with Gasteiger partial charge in [-0.25, -0.2) is 0 Å². The summed E-state index contributed by atoms with van der Waals surface area (Å²) in [6.07, 6.45) is 1.73. The van der Waals surface area contributed by atoms with Gasteiger partial charge < -0.3 is 9.64 Å². The third kappa shape index (κ3) is 5.11. The normalized spacial score (nSPS) is 25.1. The van der Waals surface area contributed by atoms with Crippen LogP contribution in [0.1, 0.15) is 40.5 Å². The lowest BCUT2D eigenvalue weighted by Crippen LogP contribution is -2.58. The summed E-state index contributed by atoms with van der Waals surface area (Å²) in [4.78, 5) is 16.7. The van der Waals surface area contributed by atoms with E-state index in [-0.39, 0.29) is 0 Å². The van der Waals surface area contributed by atoms with E-state index in [0.717, 1.165) is 32.7 Å². The van der Waals surface area contributed by atoms with Crippen molar-refractivity contribution in [2.45, 2.75) is 52.6 Å². The van der Waals surface area contributed by atoms with E-state index in [1.165, 1.54) is 0 Å². The van der Waals surface area contributed by atoms with E-state index in [1.54, 1.807) is 7.11 Å². The quantitative estimate of drug-likeness (QED) is 0.692. The molecule has 1 heterocycles. The SMILES string of the molecule is COCCCN1C(C)CN(C(=O)CC(C)C)CC1C. The molecule has 1 aliphatic rings. The molecule has 0 aromatic carbocycles. The Morgan fingerprint density at radius 2 is 1.84 bits per heavy atom. The zero-order chi connectivity index (χ0) is 14.4. The van der Waals surface area contributed by atoms with E-state index in [1.807, 2.05) is 4.90 Å².